The minimum absolute atomic E-state index is 0.0273. The number of fused-ring (bicyclic) bond motifs is 2. The molecule has 1 saturated heterocycles. The first-order valence-electron chi connectivity index (χ1n) is 5.48. The molecule has 0 amide bonds. The van der Waals surface area contributed by atoms with Gasteiger partial charge < -0.3 is 9.47 Å². The molecule has 3 unspecified atom stereocenters. The minimum atomic E-state index is -0.735. The second-order valence-electron chi connectivity index (χ2n) is 4.95. The molecule has 2 bridgehead atoms. The van der Waals surface area contributed by atoms with Crippen molar-refractivity contribution in [2.24, 2.45) is 5.92 Å². The van der Waals surface area contributed by atoms with Crippen LogP contribution in [0.2, 0.25) is 0 Å². The number of esters is 2. The molecule has 0 radical (unpaired) electrons. The van der Waals surface area contributed by atoms with Gasteiger partial charge in [0.05, 0.1) is 5.92 Å². The van der Waals surface area contributed by atoms with Gasteiger partial charge in [0.25, 0.3) is 0 Å². The standard InChI is InChI=1S/C12H16O4/c1-4-9(13)15-11(2)6-5-8-7-12(11,3)16-10(8)14/h4,8H,1,5-7H2,2-3H3. The molecule has 4 heteroatoms. The van der Waals surface area contributed by atoms with Crippen LogP contribution >= 0.6 is 0 Å². The third-order valence-corrected chi connectivity index (χ3v) is 3.88. The maximum absolute atomic E-state index is 11.5. The molecule has 2 rings (SSSR count). The van der Waals surface area contributed by atoms with E-state index in [-0.39, 0.29) is 11.9 Å². The Morgan fingerprint density at radius 3 is 2.94 bits per heavy atom. The van der Waals surface area contributed by atoms with Crippen molar-refractivity contribution in [1.82, 2.24) is 0 Å². The van der Waals surface area contributed by atoms with Crippen LogP contribution in [-0.4, -0.2) is 23.1 Å². The van der Waals surface area contributed by atoms with Crippen molar-refractivity contribution in [2.45, 2.75) is 44.3 Å². The van der Waals surface area contributed by atoms with Gasteiger partial charge in [-0.1, -0.05) is 6.58 Å². The van der Waals surface area contributed by atoms with E-state index >= 15 is 0 Å². The van der Waals surface area contributed by atoms with Crippen LogP contribution in [0.4, 0.5) is 0 Å². The van der Waals surface area contributed by atoms with Gasteiger partial charge in [-0.25, -0.2) is 4.79 Å². The Hall–Kier alpha value is -1.32. The highest BCUT2D eigenvalue weighted by atomic mass is 16.6. The molecule has 1 aliphatic carbocycles. The second kappa shape index (κ2) is 3.34. The first-order valence-corrected chi connectivity index (χ1v) is 5.48. The van der Waals surface area contributed by atoms with Crippen molar-refractivity contribution in [3.63, 3.8) is 0 Å². The van der Waals surface area contributed by atoms with E-state index in [0.29, 0.717) is 12.8 Å². The lowest BCUT2D eigenvalue weighted by atomic mass is 9.71. The van der Waals surface area contributed by atoms with Gasteiger partial charge >= 0.3 is 11.9 Å². The van der Waals surface area contributed by atoms with E-state index in [1.54, 1.807) is 0 Å². The van der Waals surface area contributed by atoms with Crippen LogP contribution in [0.5, 0.6) is 0 Å². The molecule has 1 saturated carbocycles. The Kier molecular flexibility index (Phi) is 2.33. The largest absolute Gasteiger partial charge is 0.455 e. The van der Waals surface area contributed by atoms with Gasteiger partial charge in [0.15, 0.2) is 0 Å². The quantitative estimate of drug-likeness (QED) is 0.528. The summed E-state index contributed by atoms with van der Waals surface area (Å²) in [6, 6.07) is 0. The van der Waals surface area contributed by atoms with E-state index in [4.69, 9.17) is 9.47 Å². The van der Waals surface area contributed by atoms with Crippen LogP contribution in [-0.2, 0) is 19.1 Å². The summed E-state index contributed by atoms with van der Waals surface area (Å²) in [5.41, 5.74) is -1.42. The molecule has 2 aliphatic rings. The lowest BCUT2D eigenvalue weighted by Gasteiger charge is -2.43. The van der Waals surface area contributed by atoms with E-state index in [9.17, 15) is 9.59 Å². The Morgan fingerprint density at radius 2 is 2.31 bits per heavy atom. The summed E-state index contributed by atoms with van der Waals surface area (Å²) >= 11 is 0. The van der Waals surface area contributed by atoms with E-state index in [1.807, 2.05) is 13.8 Å². The minimum Gasteiger partial charge on any atom is -0.455 e. The Labute approximate surface area is 94.6 Å². The topological polar surface area (TPSA) is 52.6 Å². The maximum atomic E-state index is 11.5. The third kappa shape index (κ3) is 1.44. The Bertz CT molecular complexity index is 362. The molecule has 16 heavy (non-hydrogen) atoms. The number of hydrogen-bond donors (Lipinski definition) is 0. The van der Waals surface area contributed by atoms with Crippen LogP contribution in [0.3, 0.4) is 0 Å². The van der Waals surface area contributed by atoms with Crippen molar-refractivity contribution >= 4 is 11.9 Å². The molecule has 0 N–H and O–H groups in total. The van der Waals surface area contributed by atoms with Gasteiger partial charge in [-0.2, -0.15) is 0 Å². The highest BCUT2D eigenvalue weighted by molar-refractivity contribution is 5.82. The van der Waals surface area contributed by atoms with Crippen molar-refractivity contribution < 1.29 is 19.1 Å². The second-order valence-corrected chi connectivity index (χ2v) is 4.95. The fourth-order valence-corrected chi connectivity index (χ4v) is 2.58. The van der Waals surface area contributed by atoms with Crippen LogP contribution < -0.4 is 0 Å². The van der Waals surface area contributed by atoms with Crippen molar-refractivity contribution in [3.8, 4) is 0 Å². The van der Waals surface area contributed by atoms with Crippen molar-refractivity contribution in [1.29, 1.82) is 0 Å². The van der Waals surface area contributed by atoms with Gasteiger partial charge in [0.1, 0.15) is 11.2 Å². The van der Waals surface area contributed by atoms with Crippen molar-refractivity contribution in [2.75, 3.05) is 0 Å². The zero-order valence-electron chi connectivity index (χ0n) is 9.62. The molecule has 0 aromatic carbocycles. The molecule has 1 heterocycles. The highest BCUT2D eigenvalue weighted by Crippen LogP contribution is 2.50. The molecular weight excluding hydrogens is 208 g/mol. The molecule has 0 spiro atoms. The average Bonchev–Trinajstić information content (AvgIpc) is 2.47. The van der Waals surface area contributed by atoms with Crippen LogP contribution in [0.1, 0.15) is 33.1 Å². The summed E-state index contributed by atoms with van der Waals surface area (Å²) in [6.45, 7) is 7.03. The summed E-state index contributed by atoms with van der Waals surface area (Å²) in [4.78, 5) is 22.8. The number of hydrogen-bond acceptors (Lipinski definition) is 4. The molecule has 0 aromatic rings. The zero-order chi connectivity index (χ0) is 12.0. The van der Waals surface area contributed by atoms with Crippen LogP contribution in [0.25, 0.3) is 0 Å². The molecule has 88 valence electrons. The van der Waals surface area contributed by atoms with Crippen LogP contribution in [0, 0.1) is 5.92 Å². The van der Waals surface area contributed by atoms with E-state index in [1.165, 1.54) is 0 Å². The fraction of sp³-hybridized carbons (Fsp3) is 0.667. The number of ether oxygens (including phenoxy) is 2. The normalized spacial score (nSPS) is 41.4. The summed E-state index contributed by atoms with van der Waals surface area (Å²) < 4.78 is 10.8. The monoisotopic (exact) mass is 224 g/mol. The predicted octanol–water partition coefficient (Wildman–Crippen LogP) is 1.59. The molecule has 3 atom stereocenters. The van der Waals surface area contributed by atoms with Crippen molar-refractivity contribution in [3.05, 3.63) is 12.7 Å². The highest BCUT2D eigenvalue weighted by Gasteiger charge is 2.60. The lowest BCUT2D eigenvalue weighted by molar-refractivity contribution is -0.193. The molecule has 4 nitrogen and oxygen atoms in total. The summed E-state index contributed by atoms with van der Waals surface area (Å²) in [7, 11) is 0. The zero-order valence-corrected chi connectivity index (χ0v) is 9.62. The SMILES string of the molecule is C=CC(=O)OC1(C)CCC2CC1(C)OC2=O. The summed E-state index contributed by atoms with van der Waals surface area (Å²) in [5.74, 6) is -0.661. The van der Waals surface area contributed by atoms with E-state index in [0.717, 1.165) is 12.5 Å². The molecule has 2 fully saturated rings. The van der Waals surface area contributed by atoms with Gasteiger partial charge in [-0.15, -0.1) is 0 Å². The van der Waals surface area contributed by atoms with E-state index in [2.05, 4.69) is 6.58 Å². The predicted molar refractivity (Wildman–Crippen MR) is 56.5 cm³/mol. The summed E-state index contributed by atoms with van der Waals surface area (Å²) in [6.07, 6.45) is 3.14. The Balaban J connectivity index is 2.25. The molecule has 0 aromatic heterocycles. The first kappa shape index (κ1) is 11.2. The van der Waals surface area contributed by atoms with Gasteiger partial charge in [0, 0.05) is 12.5 Å². The smallest absolute Gasteiger partial charge is 0.330 e. The summed E-state index contributed by atoms with van der Waals surface area (Å²) in [5, 5.41) is 0. The maximum Gasteiger partial charge on any atom is 0.330 e. The lowest BCUT2D eigenvalue weighted by Crippen LogP contribution is -2.54. The molecular formula is C12H16O4. The Morgan fingerprint density at radius 1 is 1.62 bits per heavy atom. The van der Waals surface area contributed by atoms with E-state index < -0.39 is 17.2 Å². The number of carbonyl (C=O) groups excluding carboxylic acids is 2. The van der Waals surface area contributed by atoms with Gasteiger partial charge in [0.2, 0.25) is 0 Å². The van der Waals surface area contributed by atoms with Crippen LogP contribution in [0.15, 0.2) is 12.7 Å². The number of carbonyl (C=O) groups is 2. The van der Waals surface area contributed by atoms with Gasteiger partial charge in [-0.05, 0) is 26.7 Å². The third-order valence-electron chi connectivity index (χ3n) is 3.88. The fourth-order valence-electron chi connectivity index (χ4n) is 2.58. The molecule has 1 aliphatic heterocycles. The van der Waals surface area contributed by atoms with Gasteiger partial charge in [-0.3, -0.25) is 4.79 Å². The first-order chi connectivity index (χ1) is 7.40. The average molecular weight is 224 g/mol. The number of rotatable bonds is 2.